The second kappa shape index (κ2) is 4.37. The lowest BCUT2D eigenvalue weighted by Gasteiger charge is -1.91. The van der Waals surface area contributed by atoms with Crippen molar-refractivity contribution in [3.63, 3.8) is 0 Å². The number of rotatable bonds is 4. The van der Waals surface area contributed by atoms with Crippen LogP contribution in [0.15, 0.2) is 28.4 Å². The molecule has 0 amide bonds. The molecule has 0 fully saturated rings. The van der Waals surface area contributed by atoms with Gasteiger partial charge in [-0.2, -0.15) is 0 Å². The molecule has 2 aromatic heterocycles. The summed E-state index contributed by atoms with van der Waals surface area (Å²) in [5.74, 6) is -0.108. The average molecular weight is 222 g/mol. The summed E-state index contributed by atoms with van der Waals surface area (Å²) in [4.78, 5) is 16.0. The summed E-state index contributed by atoms with van der Waals surface area (Å²) in [5.41, 5.74) is 6.40. The smallest absolute Gasteiger partial charge is 0.215 e. The van der Waals surface area contributed by atoms with Gasteiger partial charge >= 0.3 is 0 Å². The second-order valence-corrected chi connectivity index (χ2v) is 3.95. The Kier molecular flexibility index (Phi) is 2.94. The van der Waals surface area contributed by atoms with Gasteiger partial charge in [0.25, 0.3) is 0 Å². The minimum Gasteiger partial charge on any atom is -0.472 e. The van der Waals surface area contributed by atoms with Crippen molar-refractivity contribution < 1.29 is 9.21 Å². The summed E-state index contributed by atoms with van der Waals surface area (Å²) in [6, 6.07) is 1.63. The average Bonchev–Trinajstić information content (AvgIpc) is 2.87. The van der Waals surface area contributed by atoms with E-state index in [2.05, 4.69) is 4.98 Å². The van der Waals surface area contributed by atoms with Crippen molar-refractivity contribution in [3.05, 3.63) is 40.2 Å². The highest BCUT2D eigenvalue weighted by atomic mass is 32.1. The van der Waals surface area contributed by atoms with Crippen molar-refractivity contribution in [2.75, 3.05) is 6.54 Å². The lowest BCUT2D eigenvalue weighted by atomic mass is 10.2. The van der Waals surface area contributed by atoms with E-state index < -0.39 is 0 Å². The second-order valence-electron chi connectivity index (χ2n) is 3.01. The molecule has 2 N–H and O–H groups in total. The zero-order valence-corrected chi connectivity index (χ0v) is 8.79. The van der Waals surface area contributed by atoms with Gasteiger partial charge in [0.05, 0.1) is 16.8 Å². The van der Waals surface area contributed by atoms with Crippen molar-refractivity contribution >= 4 is 17.1 Å². The molecule has 0 spiro atoms. The van der Waals surface area contributed by atoms with Gasteiger partial charge in [0.2, 0.25) is 5.78 Å². The lowest BCUT2D eigenvalue weighted by molar-refractivity contribution is 0.103. The van der Waals surface area contributed by atoms with E-state index in [0.29, 0.717) is 24.2 Å². The third-order valence-electron chi connectivity index (χ3n) is 1.93. The Morgan fingerprint density at radius 2 is 2.47 bits per heavy atom. The predicted molar refractivity (Wildman–Crippen MR) is 57.0 cm³/mol. The molecule has 0 aromatic carbocycles. The molecule has 0 aliphatic carbocycles. The molecule has 2 rings (SSSR count). The Hall–Kier alpha value is -1.46. The van der Waals surface area contributed by atoms with Crippen molar-refractivity contribution in [1.29, 1.82) is 0 Å². The van der Waals surface area contributed by atoms with Gasteiger partial charge in [-0.3, -0.25) is 4.79 Å². The summed E-state index contributed by atoms with van der Waals surface area (Å²) >= 11 is 1.46. The van der Waals surface area contributed by atoms with Gasteiger partial charge in [-0.1, -0.05) is 0 Å². The minimum absolute atomic E-state index is 0.108. The summed E-state index contributed by atoms with van der Waals surface area (Å²) in [6.07, 6.45) is 3.61. The summed E-state index contributed by atoms with van der Waals surface area (Å²) in [5, 5.41) is 2.64. The monoisotopic (exact) mass is 222 g/mol. The van der Waals surface area contributed by atoms with Crippen LogP contribution in [0.3, 0.4) is 0 Å². The van der Waals surface area contributed by atoms with Gasteiger partial charge in [0.15, 0.2) is 0 Å². The fourth-order valence-electron chi connectivity index (χ4n) is 1.20. The van der Waals surface area contributed by atoms with Crippen molar-refractivity contribution in [1.82, 2.24) is 4.98 Å². The first-order valence-electron chi connectivity index (χ1n) is 4.52. The number of furan rings is 1. The highest BCUT2D eigenvalue weighted by Crippen LogP contribution is 2.14. The number of aromatic nitrogens is 1. The number of thiazole rings is 1. The van der Waals surface area contributed by atoms with Gasteiger partial charge in [0, 0.05) is 11.8 Å². The van der Waals surface area contributed by atoms with Gasteiger partial charge in [0.1, 0.15) is 12.0 Å². The molecule has 0 aliphatic rings. The van der Waals surface area contributed by atoms with Crippen LogP contribution in [-0.2, 0) is 6.42 Å². The van der Waals surface area contributed by atoms with Crippen molar-refractivity contribution in [2.24, 2.45) is 5.73 Å². The van der Waals surface area contributed by atoms with Crippen LogP contribution >= 0.6 is 11.3 Å². The topological polar surface area (TPSA) is 69.1 Å². The SMILES string of the molecule is NCCc1nc(C(=O)c2ccoc2)cs1. The number of carbonyl (C=O) groups excluding carboxylic acids is 1. The third kappa shape index (κ3) is 2.14. The molecular formula is C10H10N2O2S. The van der Waals surface area contributed by atoms with E-state index in [9.17, 15) is 4.79 Å². The van der Waals surface area contributed by atoms with Crippen LogP contribution in [0.5, 0.6) is 0 Å². The fourth-order valence-corrected chi connectivity index (χ4v) is 1.99. The van der Waals surface area contributed by atoms with E-state index in [0.717, 1.165) is 5.01 Å². The summed E-state index contributed by atoms with van der Waals surface area (Å²) in [6.45, 7) is 0.548. The first kappa shape index (κ1) is 10.1. The van der Waals surface area contributed by atoms with Gasteiger partial charge in [-0.25, -0.2) is 4.98 Å². The van der Waals surface area contributed by atoms with Crippen LogP contribution in [0.1, 0.15) is 21.1 Å². The molecule has 0 radical (unpaired) electrons. The standard InChI is InChI=1S/C10H10N2O2S/c11-3-1-9-12-8(6-15-9)10(13)7-2-4-14-5-7/h2,4-6H,1,3,11H2. The Morgan fingerprint density at radius 1 is 1.60 bits per heavy atom. The Balaban J connectivity index is 2.19. The predicted octanol–water partition coefficient (Wildman–Crippen LogP) is 1.47. The van der Waals surface area contributed by atoms with Crippen LogP contribution in [0.2, 0.25) is 0 Å². The number of carbonyl (C=O) groups is 1. The quantitative estimate of drug-likeness (QED) is 0.795. The third-order valence-corrected chi connectivity index (χ3v) is 2.83. The maximum absolute atomic E-state index is 11.8. The van der Waals surface area contributed by atoms with E-state index in [-0.39, 0.29) is 5.78 Å². The van der Waals surface area contributed by atoms with Crippen LogP contribution in [0.25, 0.3) is 0 Å². The fraction of sp³-hybridized carbons (Fsp3) is 0.200. The number of hydrogen-bond donors (Lipinski definition) is 1. The van der Waals surface area contributed by atoms with E-state index in [1.54, 1.807) is 11.4 Å². The zero-order valence-electron chi connectivity index (χ0n) is 7.97. The van der Waals surface area contributed by atoms with Crippen LogP contribution in [-0.4, -0.2) is 17.3 Å². The molecule has 0 unspecified atom stereocenters. The maximum atomic E-state index is 11.8. The first-order valence-corrected chi connectivity index (χ1v) is 5.40. The van der Waals surface area contributed by atoms with Gasteiger partial charge in [-0.05, 0) is 12.6 Å². The van der Waals surface area contributed by atoms with E-state index in [4.69, 9.17) is 10.2 Å². The molecule has 4 nitrogen and oxygen atoms in total. The molecule has 2 aromatic rings. The highest BCUT2D eigenvalue weighted by molar-refractivity contribution is 7.09. The van der Waals surface area contributed by atoms with E-state index in [1.165, 1.54) is 23.9 Å². The largest absolute Gasteiger partial charge is 0.472 e. The number of hydrogen-bond acceptors (Lipinski definition) is 5. The molecule has 78 valence electrons. The Morgan fingerprint density at radius 3 is 3.13 bits per heavy atom. The molecular weight excluding hydrogens is 212 g/mol. The lowest BCUT2D eigenvalue weighted by Crippen LogP contribution is -2.04. The van der Waals surface area contributed by atoms with Crippen molar-refractivity contribution in [3.8, 4) is 0 Å². The van der Waals surface area contributed by atoms with Crippen LogP contribution in [0.4, 0.5) is 0 Å². The zero-order chi connectivity index (χ0) is 10.7. The summed E-state index contributed by atoms with van der Waals surface area (Å²) in [7, 11) is 0. The Labute approximate surface area is 90.7 Å². The molecule has 0 saturated carbocycles. The molecule has 5 heteroatoms. The van der Waals surface area contributed by atoms with Crippen LogP contribution < -0.4 is 5.73 Å². The van der Waals surface area contributed by atoms with Crippen molar-refractivity contribution in [2.45, 2.75) is 6.42 Å². The maximum Gasteiger partial charge on any atom is 0.215 e. The van der Waals surface area contributed by atoms with E-state index >= 15 is 0 Å². The molecule has 0 bridgehead atoms. The normalized spacial score (nSPS) is 10.5. The first-order chi connectivity index (χ1) is 7.31. The van der Waals surface area contributed by atoms with Gasteiger partial charge < -0.3 is 10.2 Å². The molecule has 0 aliphatic heterocycles. The minimum atomic E-state index is -0.108. The summed E-state index contributed by atoms with van der Waals surface area (Å²) < 4.78 is 4.85. The number of nitrogens with two attached hydrogens (primary N) is 1. The van der Waals surface area contributed by atoms with E-state index in [1.807, 2.05) is 0 Å². The molecule has 2 heterocycles. The molecule has 0 saturated heterocycles. The Bertz CT molecular complexity index is 448. The molecule has 15 heavy (non-hydrogen) atoms. The van der Waals surface area contributed by atoms with Crippen LogP contribution in [0, 0.1) is 0 Å². The highest BCUT2D eigenvalue weighted by Gasteiger charge is 2.13. The number of nitrogens with zero attached hydrogens (tertiary/aromatic N) is 1. The molecule has 0 atom stereocenters. The number of ketones is 1. The van der Waals surface area contributed by atoms with Gasteiger partial charge in [-0.15, -0.1) is 11.3 Å².